The Bertz CT molecular complexity index is 1080. The molecule has 1 fully saturated rings. The van der Waals surface area contributed by atoms with Gasteiger partial charge in [-0.1, -0.05) is 11.6 Å². The molecule has 7 nitrogen and oxygen atoms in total. The van der Waals surface area contributed by atoms with Crippen LogP contribution < -0.4 is 10.1 Å². The molecule has 0 aromatic carbocycles. The topological polar surface area (TPSA) is 97.9 Å². The van der Waals surface area contributed by atoms with E-state index in [-0.39, 0.29) is 36.5 Å². The van der Waals surface area contributed by atoms with Gasteiger partial charge in [-0.25, -0.2) is 9.37 Å². The first-order chi connectivity index (χ1) is 15.0. The van der Waals surface area contributed by atoms with Gasteiger partial charge in [0.25, 0.3) is 0 Å². The summed E-state index contributed by atoms with van der Waals surface area (Å²) in [6.45, 7) is 1.57. The zero-order chi connectivity index (χ0) is 22.0. The minimum atomic E-state index is -0.882. The molecule has 1 aliphatic heterocycles. The number of anilines is 1. The number of rotatable bonds is 6. The molecular weight excluding hydrogens is 426 g/mol. The lowest BCUT2D eigenvalue weighted by molar-refractivity contribution is 0.0358. The van der Waals surface area contributed by atoms with Gasteiger partial charge in [0.2, 0.25) is 11.8 Å². The minimum absolute atomic E-state index is 0.0776. The highest BCUT2D eigenvalue weighted by molar-refractivity contribution is 6.30. The number of nitrogens with zero attached hydrogens (tertiary/aromatic N) is 5. The van der Waals surface area contributed by atoms with E-state index in [1.54, 1.807) is 6.07 Å². The lowest BCUT2D eigenvalue weighted by atomic mass is 9.93. The van der Waals surface area contributed by atoms with Crippen molar-refractivity contribution in [1.29, 1.82) is 10.5 Å². The molecule has 160 valence electrons. The molecule has 2 aliphatic rings. The highest BCUT2D eigenvalue weighted by Gasteiger charge is 2.32. The Kier molecular flexibility index (Phi) is 6.17. The fraction of sp³-hybridized carbons (Fsp3) is 0.429. The van der Waals surface area contributed by atoms with E-state index in [0.717, 1.165) is 11.1 Å². The highest BCUT2D eigenvalue weighted by Crippen LogP contribution is 2.34. The summed E-state index contributed by atoms with van der Waals surface area (Å²) in [5.74, 6) is 0.0301. The molecule has 1 saturated carbocycles. The second kappa shape index (κ2) is 9.01. The Morgan fingerprint density at radius 1 is 1.26 bits per heavy atom. The summed E-state index contributed by atoms with van der Waals surface area (Å²) >= 11 is 6.21. The van der Waals surface area contributed by atoms with Crippen molar-refractivity contribution in [3.8, 4) is 18.0 Å². The van der Waals surface area contributed by atoms with E-state index in [1.165, 1.54) is 6.07 Å². The van der Waals surface area contributed by atoms with Crippen molar-refractivity contribution >= 4 is 17.4 Å². The summed E-state index contributed by atoms with van der Waals surface area (Å²) in [5, 5.41) is 21.5. The first kappa shape index (κ1) is 21.2. The normalized spacial score (nSPS) is 20.2. The summed E-state index contributed by atoms with van der Waals surface area (Å²) < 4.78 is 32.6. The molecule has 0 unspecified atom stereocenters. The number of fused-ring (bicyclic) bond motifs is 1. The quantitative estimate of drug-likeness (QED) is 0.537. The number of alkyl halides is 1. The van der Waals surface area contributed by atoms with Crippen LogP contribution in [0.2, 0.25) is 5.15 Å². The molecule has 3 heterocycles. The molecule has 0 spiro atoms. The SMILES string of the molecule is N#CCNc1nc(Cl)c(C#N)c2c1CCN(Cc1ccc(F)nc1O[C@H]1C[C@H](F)C1)C2. The van der Waals surface area contributed by atoms with Crippen LogP contribution in [0.5, 0.6) is 5.88 Å². The van der Waals surface area contributed by atoms with E-state index < -0.39 is 12.1 Å². The number of halogens is 3. The summed E-state index contributed by atoms with van der Waals surface area (Å²) in [7, 11) is 0. The molecular formula is C21H19ClF2N6O. The third kappa shape index (κ3) is 4.53. The van der Waals surface area contributed by atoms with E-state index in [2.05, 4.69) is 26.3 Å². The van der Waals surface area contributed by atoms with E-state index in [0.29, 0.717) is 43.0 Å². The van der Waals surface area contributed by atoms with E-state index in [1.807, 2.05) is 6.07 Å². The van der Waals surface area contributed by atoms with Crippen molar-refractivity contribution in [2.24, 2.45) is 0 Å². The van der Waals surface area contributed by atoms with Crippen LogP contribution in [0.4, 0.5) is 14.6 Å². The van der Waals surface area contributed by atoms with Gasteiger partial charge in [-0.3, -0.25) is 4.90 Å². The van der Waals surface area contributed by atoms with Crippen molar-refractivity contribution in [1.82, 2.24) is 14.9 Å². The maximum absolute atomic E-state index is 13.7. The predicted octanol–water partition coefficient (Wildman–Crippen LogP) is 3.51. The van der Waals surface area contributed by atoms with E-state index in [4.69, 9.17) is 21.6 Å². The van der Waals surface area contributed by atoms with Gasteiger partial charge in [-0.2, -0.15) is 19.9 Å². The summed E-state index contributed by atoms with van der Waals surface area (Å²) in [4.78, 5) is 10.2. The van der Waals surface area contributed by atoms with Gasteiger partial charge >= 0.3 is 0 Å². The molecule has 2 aromatic rings. The molecule has 1 N–H and O–H groups in total. The lowest BCUT2D eigenvalue weighted by Crippen LogP contribution is -2.36. The smallest absolute Gasteiger partial charge is 0.220 e. The first-order valence-electron chi connectivity index (χ1n) is 9.89. The zero-order valence-corrected chi connectivity index (χ0v) is 17.3. The van der Waals surface area contributed by atoms with Crippen LogP contribution in [-0.4, -0.2) is 40.2 Å². The number of hydrogen-bond acceptors (Lipinski definition) is 7. The van der Waals surface area contributed by atoms with E-state index in [9.17, 15) is 14.0 Å². The summed E-state index contributed by atoms with van der Waals surface area (Å²) in [5.41, 5.74) is 2.62. The fourth-order valence-electron chi connectivity index (χ4n) is 3.84. The van der Waals surface area contributed by atoms with Crippen LogP contribution in [-0.2, 0) is 19.5 Å². The standard InChI is InChI=1S/C21H19ClF2N6O/c22-19-16(9-26)17-11-30(6-3-15(17)20(29-19)27-5-4-25)10-12-1-2-18(24)28-21(12)31-14-7-13(23)8-14/h1-2,13-14H,3,5-8,10-11H2,(H,27,29)/t13-,14-. The zero-order valence-electron chi connectivity index (χ0n) is 16.5. The van der Waals surface area contributed by atoms with Crippen molar-refractivity contribution in [2.45, 2.75) is 44.6 Å². The Hall–Kier alpha value is -3.01. The summed E-state index contributed by atoms with van der Waals surface area (Å²) in [6.07, 6.45) is -0.0194. The maximum Gasteiger partial charge on any atom is 0.220 e. The Morgan fingerprint density at radius 3 is 2.77 bits per heavy atom. The molecule has 0 bridgehead atoms. The second-order valence-corrected chi connectivity index (χ2v) is 7.93. The van der Waals surface area contributed by atoms with Crippen molar-refractivity contribution in [3.63, 3.8) is 0 Å². The van der Waals surface area contributed by atoms with Crippen LogP contribution >= 0.6 is 11.6 Å². The molecule has 10 heteroatoms. The average Bonchev–Trinajstić information content (AvgIpc) is 2.72. The molecule has 4 rings (SSSR count). The number of hydrogen-bond donors (Lipinski definition) is 1. The lowest BCUT2D eigenvalue weighted by Gasteiger charge is -2.32. The van der Waals surface area contributed by atoms with Crippen LogP contribution in [0.3, 0.4) is 0 Å². The summed E-state index contributed by atoms with van der Waals surface area (Å²) in [6, 6.07) is 7.01. The molecule has 1 aliphatic carbocycles. The van der Waals surface area contributed by atoms with Crippen LogP contribution in [0.1, 0.15) is 35.1 Å². The van der Waals surface area contributed by atoms with Gasteiger partial charge in [-0.15, -0.1) is 0 Å². The van der Waals surface area contributed by atoms with Crippen molar-refractivity contribution < 1.29 is 13.5 Å². The van der Waals surface area contributed by atoms with Crippen molar-refractivity contribution in [3.05, 3.63) is 45.5 Å². The number of aromatic nitrogens is 2. The third-order valence-electron chi connectivity index (χ3n) is 5.49. The third-order valence-corrected chi connectivity index (χ3v) is 5.76. The first-order valence-corrected chi connectivity index (χ1v) is 10.3. The second-order valence-electron chi connectivity index (χ2n) is 7.57. The van der Waals surface area contributed by atoms with Crippen molar-refractivity contribution in [2.75, 3.05) is 18.4 Å². The van der Waals surface area contributed by atoms with Gasteiger partial charge in [0.15, 0.2) is 0 Å². The van der Waals surface area contributed by atoms with Gasteiger partial charge < -0.3 is 10.1 Å². The van der Waals surface area contributed by atoms with Gasteiger partial charge in [0.1, 0.15) is 35.9 Å². The number of ether oxygens (including phenoxy) is 1. The average molecular weight is 445 g/mol. The van der Waals surface area contributed by atoms with E-state index >= 15 is 0 Å². The predicted molar refractivity (Wildman–Crippen MR) is 109 cm³/mol. The number of nitrogens with one attached hydrogen (secondary N) is 1. The largest absolute Gasteiger partial charge is 0.474 e. The van der Waals surface area contributed by atoms with Gasteiger partial charge in [0, 0.05) is 43.6 Å². The fourth-order valence-corrected chi connectivity index (χ4v) is 4.08. The highest BCUT2D eigenvalue weighted by atomic mass is 35.5. The monoisotopic (exact) mass is 444 g/mol. The van der Waals surface area contributed by atoms with Crippen LogP contribution in [0.25, 0.3) is 0 Å². The Labute approximate surface area is 183 Å². The van der Waals surface area contributed by atoms with Crippen LogP contribution in [0.15, 0.2) is 12.1 Å². The van der Waals surface area contributed by atoms with Gasteiger partial charge in [0.05, 0.1) is 11.6 Å². The molecule has 31 heavy (non-hydrogen) atoms. The Balaban J connectivity index is 1.57. The molecule has 2 aromatic heterocycles. The number of nitriles is 2. The Morgan fingerprint density at radius 2 is 2.06 bits per heavy atom. The maximum atomic E-state index is 13.7. The molecule has 0 amide bonds. The van der Waals surface area contributed by atoms with Crippen LogP contribution in [0, 0.1) is 28.6 Å². The number of pyridine rings is 2. The van der Waals surface area contributed by atoms with Gasteiger partial charge in [-0.05, 0) is 24.1 Å². The molecule has 0 saturated heterocycles. The minimum Gasteiger partial charge on any atom is -0.474 e. The molecule has 0 radical (unpaired) electrons. The molecule has 0 atom stereocenters.